The van der Waals surface area contributed by atoms with Gasteiger partial charge in [-0.2, -0.15) is 0 Å². The van der Waals surface area contributed by atoms with Crippen molar-refractivity contribution in [3.63, 3.8) is 0 Å². The number of aromatic nitrogens is 2. The van der Waals surface area contributed by atoms with Crippen molar-refractivity contribution in [2.24, 2.45) is 0 Å². The van der Waals surface area contributed by atoms with E-state index in [2.05, 4.69) is 46.6 Å². The maximum absolute atomic E-state index is 4.47. The van der Waals surface area contributed by atoms with E-state index in [4.69, 9.17) is 0 Å². The lowest BCUT2D eigenvalue weighted by Gasteiger charge is -2.14. The fourth-order valence-electron chi connectivity index (χ4n) is 1.90. The Labute approximate surface area is 118 Å². The van der Waals surface area contributed by atoms with Crippen molar-refractivity contribution in [3.8, 4) is 0 Å². The van der Waals surface area contributed by atoms with E-state index in [1.165, 1.54) is 9.75 Å². The molecule has 0 amide bonds. The molecule has 0 saturated heterocycles. The van der Waals surface area contributed by atoms with Gasteiger partial charge in [0.1, 0.15) is 11.6 Å². The summed E-state index contributed by atoms with van der Waals surface area (Å²) < 4.78 is 0. The van der Waals surface area contributed by atoms with Crippen LogP contribution in [0.3, 0.4) is 0 Å². The fourth-order valence-corrected chi connectivity index (χ4v) is 2.92. The zero-order valence-corrected chi connectivity index (χ0v) is 12.4. The molecule has 2 aromatic heterocycles. The van der Waals surface area contributed by atoms with Crippen molar-refractivity contribution >= 4 is 23.0 Å². The summed E-state index contributed by atoms with van der Waals surface area (Å²) in [5, 5.41) is 6.55. The number of aryl methyl sites for hydroxylation is 1. The molecule has 0 aliphatic rings. The molecule has 0 radical (unpaired) electrons. The first kappa shape index (κ1) is 13.8. The molecule has 0 aliphatic carbocycles. The Bertz CT molecular complexity index is 524. The summed E-state index contributed by atoms with van der Waals surface area (Å²) in [4.78, 5) is 11.4. The Morgan fingerprint density at radius 3 is 2.74 bits per heavy atom. The molecule has 2 N–H and O–H groups in total. The highest BCUT2D eigenvalue weighted by atomic mass is 32.1. The third-order valence-corrected chi connectivity index (χ3v) is 3.71. The van der Waals surface area contributed by atoms with Crippen LogP contribution in [0.5, 0.6) is 0 Å². The summed E-state index contributed by atoms with van der Waals surface area (Å²) in [7, 11) is 0. The highest BCUT2D eigenvalue weighted by Gasteiger charge is 2.07. The van der Waals surface area contributed by atoms with Crippen LogP contribution in [0.1, 0.15) is 23.6 Å². The van der Waals surface area contributed by atoms with Crippen molar-refractivity contribution in [2.45, 2.75) is 33.2 Å². The SMILES string of the molecule is CCNc1cncc(NC(C)Cc2ccc(C)s2)n1. The van der Waals surface area contributed by atoms with Gasteiger partial charge in [0.15, 0.2) is 0 Å². The van der Waals surface area contributed by atoms with Crippen molar-refractivity contribution in [1.82, 2.24) is 9.97 Å². The lowest BCUT2D eigenvalue weighted by atomic mass is 10.2. The quantitative estimate of drug-likeness (QED) is 0.850. The first-order valence-electron chi connectivity index (χ1n) is 6.55. The predicted molar refractivity (Wildman–Crippen MR) is 82.0 cm³/mol. The Hall–Kier alpha value is -1.62. The standard InChI is InChI=1S/C14H20N4S/c1-4-16-13-8-15-9-14(18-13)17-10(2)7-12-6-5-11(3)19-12/h5-6,8-10H,4,7H2,1-3H3,(H2,16,17,18). The molecule has 0 aliphatic heterocycles. The average Bonchev–Trinajstić information content (AvgIpc) is 2.75. The Morgan fingerprint density at radius 2 is 2.05 bits per heavy atom. The van der Waals surface area contributed by atoms with Crippen molar-refractivity contribution in [1.29, 1.82) is 0 Å². The number of nitrogens with zero attached hydrogens (tertiary/aromatic N) is 2. The highest BCUT2D eigenvalue weighted by Crippen LogP contribution is 2.18. The lowest BCUT2D eigenvalue weighted by molar-refractivity contribution is 0.793. The van der Waals surface area contributed by atoms with E-state index in [9.17, 15) is 0 Å². The molecule has 4 nitrogen and oxygen atoms in total. The first-order chi connectivity index (χ1) is 9.17. The molecular formula is C14H20N4S. The minimum absolute atomic E-state index is 0.337. The Kier molecular flexibility index (Phi) is 4.74. The van der Waals surface area contributed by atoms with Crippen molar-refractivity contribution < 1.29 is 0 Å². The van der Waals surface area contributed by atoms with Crippen LogP contribution in [-0.2, 0) is 6.42 Å². The van der Waals surface area contributed by atoms with E-state index in [1.54, 1.807) is 12.4 Å². The first-order valence-corrected chi connectivity index (χ1v) is 7.36. The molecule has 2 rings (SSSR count). The number of hydrogen-bond acceptors (Lipinski definition) is 5. The topological polar surface area (TPSA) is 49.8 Å². The van der Waals surface area contributed by atoms with E-state index in [-0.39, 0.29) is 0 Å². The molecule has 1 unspecified atom stereocenters. The van der Waals surface area contributed by atoms with Gasteiger partial charge in [0.2, 0.25) is 0 Å². The van der Waals surface area contributed by atoms with Gasteiger partial charge in [0.05, 0.1) is 12.4 Å². The zero-order valence-electron chi connectivity index (χ0n) is 11.6. The number of thiophene rings is 1. The van der Waals surface area contributed by atoms with Crippen LogP contribution in [-0.4, -0.2) is 22.6 Å². The van der Waals surface area contributed by atoms with Crippen LogP contribution >= 0.6 is 11.3 Å². The Balaban J connectivity index is 1.94. The van der Waals surface area contributed by atoms with Gasteiger partial charge >= 0.3 is 0 Å². The maximum Gasteiger partial charge on any atom is 0.147 e. The maximum atomic E-state index is 4.47. The van der Waals surface area contributed by atoms with Gasteiger partial charge in [-0.25, -0.2) is 4.98 Å². The molecule has 0 fully saturated rings. The van der Waals surface area contributed by atoms with E-state index in [0.29, 0.717) is 6.04 Å². The second kappa shape index (κ2) is 6.52. The van der Waals surface area contributed by atoms with Crippen LogP contribution in [0, 0.1) is 6.92 Å². The third-order valence-electron chi connectivity index (χ3n) is 2.69. The average molecular weight is 276 g/mol. The molecule has 2 heterocycles. The Morgan fingerprint density at radius 1 is 1.26 bits per heavy atom. The number of hydrogen-bond donors (Lipinski definition) is 2. The van der Waals surface area contributed by atoms with Crippen LogP contribution in [0.25, 0.3) is 0 Å². The molecule has 2 aromatic rings. The molecule has 0 saturated carbocycles. The van der Waals surface area contributed by atoms with E-state index in [1.807, 2.05) is 18.3 Å². The fraction of sp³-hybridized carbons (Fsp3) is 0.429. The van der Waals surface area contributed by atoms with Crippen molar-refractivity contribution in [2.75, 3.05) is 17.2 Å². The molecule has 0 aromatic carbocycles. The minimum atomic E-state index is 0.337. The third kappa shape index (κ3) is 4.21. The van der Waals surface area contributed by atoms with E-state index >= 15 is 0 Å². The normalized spacial score (nSPS) is 12.2. The van der Waals surface area contributed by atoms with E-state index in [0.717, 1.165) is 24.6 Å². The molecular weight excluding hydrogens is 256 g/mol. The number of nitrogens with one attached hydrogen (secondary N) is 2. The summed E-state index contributed by atoms with van der Waals surface area (Å²) in [5.74, 6) is 1.63. The van der Waals surface area contributed by atoms with Crippen molar-refractivity contribution in [3.05, 3.63) is 34.3 Å². The monoisotopic (exact) mass is 276 g/mol. The molecule has 0 bridgehead atoms. The van der Waals surface area contributed by atoms with Gasteiger partial charge in [-0.3, -0.25) is 4.98 Å². The molecule has 5 heteroatoms. The molecule has 1 atom stereocenters. The van der Waals surface area contributed by atoms with Gasteiger partial charge in [0.25, 0.3) is 0 Å². The van der Waals surface area contributed by atoms with Gasteiger partial charge in [0, 0.05) is 28.8 Å². The summed E-state index contributed by atoms with van der Waals surface area (Å²) in [6, 6.07) is 4.70. The van der Waals surface area contributed by atoms with Crippen LogP contribution < -0.4 is 10.6 Å². The summed E-state index contributed by atoms with van der Waals surface area (Å²) in [5.41, 5.74) is 0. The lowest BCUT2D eigenvalue weighted by Crippen LogP contribution is -2.18. The highest BCUT2D eigenvalue weighted by molar-refractivity contribution is 7.11. The van der Waals surface area contributed by atoms with Gasteiger partial charge in [-0.1, -0.05) is 0 Å². The second-order valence-corrected chi connectivity index (χ2v) is 5.95. The minimum Gasteiger partial charge on any atom is -0.369 e. The van der Waals surface area contributed by atoms with Gasteiger partial charge < -0.3 is 10.6 Å². The van der Waals surface area contributed by atoms with E-state index < -0.39 is 0 Å². The van der Waals surface area contributed by atoms with Crippen LogP contribution in [0.4, 0.5) is 11.6 Å². The van der Waals surface area contributed by atoms with Gasteiger partial charge in [-0.05, 0) is 32.9 Å². The predicted octanol–water partition coefficient (Wildman–Crippen LogP) is 3.32. The number of rotatable bonds is 6. The summed E-state index contributed by atoms with van der Waals surface area (Å²) >= 11 is 1.85. The zero-order chi connectivity index (χ0) is 13.7. The second-order valence-electron chi connectivity index (χ2n) is 4.58. The molecule has 102 valence electrons. The summed E-state index contributed by atoms with van der Waals surface area (Å²) in [6.45, 7) is 7.19. The smallest absolute Gasteiger partial charge is 0.147 e. The van der Waals surface area contributed by atoms with Crippen LogP contribution in [0.2, 0.25) is 0 Å². The van der Waals surface area contributed by atoms with Crippen LogP contribution in [0.15, 0.2) is 24.5 Å². The molecule has 0 spiro atoms. The largest absolute Gasteiger partial charge is 0.369 e. The summed E-state index contributed by atoms with van der Waals surface area (Å²) in [6.07, 6.45) is 4.50. The number of anilines is 2. The van der Waals surface area contributed by atoms with Gasteiger partial charge in [-0.15, -0.1) is 11.3 Å². The molecule has 19 heavy (non-hydrogen) atoms.